The third-order valence-corrected chi connectivity index (χ3v) is 4.77. The average molecular weight is 281 g/mol. The fourth-order valence-corrected chi connectivity index (χ4v) is 3.34. The normalized spacial score (nSPS) is 30.2. The second kappa shape index (κ2) is 7.30. The molecule has 0 heterocycles. The Hall–Kier alpha value is -0.770. The van der Waals surface area contributed by atoms with Crippen molar-refractivity contribution in [1.82, 2.24) is 10.6 Å². The Balaban J connectivity index is 1.85. The molecular formula is C16H31N3O. The van der Waals surface area contributed by atoms with Gasteiger partial charge in [0.2, 0.25) is 0 Å². The molecule has 116 valence electrons. The zero-order chi connectivity index (χ0) is 14.4. The molecule has 0 aromatic carbocycles. The minimum atomic E-state index is -0.552. The number of hydrogen-bond donors (Lipinski definition) is 3. The third-order valence-electron chi connectivity index (χ3n) is 4.77. The zero-order valence-electron chi connectivity index (χ0n) is 13.1. The van der Waals surface area contributed by atoms with E-state index >= 15 is 0 Å². The van der Waals surface area contributed by atoms with Crippen molar-refractivity contribution < 1.29 is 5.11 Å². The molecule has 2 aliphatic carbocycles. The van der Waals surface area contributed by atoms with Gasteiger partial charge in [-0.05, 0) is 51.4 Å². The maximum absolute atomic E-state index is 10.4. The van der Waals surface area contributed by atoms with E-state index in [1.54, 1.807) is 0 Å². The van der Waals surface area contributed by atoms with E-state index in [1.165, 1.54) is 25.7 Å². The summed E-state index contributed by atoms with van der Waals surface area (Å²) in [5.41, 5.74) is -0.552. The first-order chi connectivity index (χ1) is 9.61. The Bertz CT molecular complexity index is 316. The minimum Gasteiger partial charge on any atom is -0.388 e. The van der Waals surface area contributed by atoms with Crippen LogP contribution in [0.1, 0.15) is 65.2 Å². The van der Waals surface area contributed by atoms with Crippen LogP contribution in [0.4, 0.5) is 0 Å². The molecule has 0 amide bonds. The molecule has 4 nitrogen and oxygen atoms in total. The summed E-state index contributed by atoms with van der Waals surface area (Å²) in [6.07, 6.45) is 9.15. The van der Waals surface area contributed by atoms with Crippen LogP contribution in [0.25, 0.3) is 0 Å². The summed E-state index contributed by atoms with van der Waals surface area (Å²) in [7, 11) is 0. The molecule has 0 unspecified atom stereocenters. The molecule has 0 aromatic heterocycles. The van der Waals surface area contributed by atoms with E-state index in [-0.39, 0.29) is 0 Å². The number of nitrogens with one attached hydrogen (secondary N) is 2. The van der Waals surface area contributed by atoms with Crippen molar-refractivity contribution in [1.29, 1.82) is 0 Å². The van der Waals surface area contributed by atoms with Crippen molar-refractivity contribution in [2.45, 2.75) is 76.9 Å². The highest BCUT2D eigenvalue weighted by Gasteiger charge is 2.31. The van der Waals surface area contributed by atoms with Gasteiger partial charge in [-0.3, -0.25) is 4.99 Å². The molecule has 2 aliphatic rings. The molecule has 2 saturated carbocycles. The number of nitrogens with zero attached hydrogens (tertiary/aromatic N) is 1. The summed E-state index contributed by atoms with van der Waals surface area (Å²) >= 11 is 0. The zero-order valence-corrected chi connectivity index (χ0v) is 13.1. The van der Waals surface area contributed by atoms with Gasteiger partial charge in [-0.25, -0.2) is 0 Å². The number of rotatable bonds is 4. The highest BCUT2D eigenvalue weighted by Crippen LogP contribution is 2.29. The topological polar surface area (TPSA) is 56.7 Å². The highest BCUT2D eigenvalue weighted by molar-refractivity contribution is 5.80. The molecule has 0 radical (unpaired) electrons. The summed E-state index contributed by atoms with van der Waals surface area (Å²) in [5, 5.41) is 17.2. The van der Waals surface area contributed by atoms with Gasteiger partial charge in [-0.2, -0.15) is 0 Å². The number of guanidine groups is 1. The summed E-state index contributed by atoms with van der Waals surface area (Å²) in [4.78, 5) is 4.62. The quantitative estimate of drug-likeness (QED) is 0.548. The maximum Gasteiger partial charge on any atom is 0.191 e. The van der Waals surface area contributed by atoms with Gasteiger partial charge >= 0.3 is 0 Å². The lowest BCUT2D eigenvalue weighted by atomic mass is 9.87. The van der Waals surface area contributed by atoms with Gasteiger partial charge in [-0.1, -0.05) is 19.8 Å². The lowest BCUT2D eigenvalue weighted by Crippen LogP contribution is -2.45. The van der Waals surface area contributed by atoms with E-state index in [1.807, 2.05) is 0 Å². The van der Waals surface area contributed by atoms with Crippen LogP contribution in [0.3, 0.4) is 0 Å². The smallest absolute Gasteiger partial charge is 0.191 e. The van der Waals surface area contributed by atoms with Gasteiger partial charge in [0.15, 0.2) is 5.96 Å². The third kappa shape index (κ3) is 4.65. The average Bonchev–Trinajstić information content (AvgIpc) is 2.86. The lowest BCUT2D eigenvalue weighted by Gasteiger charge is -2.29. The van der Waals surface area contributed by atoms with Crippen LogP contribution in [0.15, 0.2) is 4.99 Å². The van der Waals surface area contributed by atoms with Gasteiger partial charge in [-0.15, -0.1) is 0 Å². The molecule has 0 aromatic rings. The molecule has 0 atom stereocenters. The Labute approximate surface area is 123 Å². The molecule has 20 heavy (non-hydrogen) atoms. The molecule has 3 N–H and O–H groups in total. The van der Waals surface area contributed by atoms with Crippen molar-refractivity contribution in [2.75, 3.05) is 13.1 Å². The first-order valence-corrected chi connectivity index (χ1v) is 8.38. The SMILES string of the molecule is CCNC(=NCC1(O)CCCC1)NC1CCC(C)CC1. The van der Waals surface area contributed by atoms with Crippen molar-refractivity contribution in [3.63, 3.8) is 0 Å². The number of aliphatic hydroxyl groups is 1. The van der Waals surface area contributed by atoms with Crippen LogP contribution in [0.5, 0.6) is 0 Å². The summed E-state index contributed by atoms with van der Waals surface area (Å²) < 4.78 is 0. The van der Waals surface area contributed by atoms with Crippen molar-refractivity contribution >= 4 is 5.96 Å². The molecule has 4 heteroatoms. The molecule has 0 aliphatic heterocycles. The van der Waals surface area contributed by atoms with Crippen LogP contribution >= 0.6 is 0 Å². The van der Waals surface area contributed by atoms with E-state index in [9.17, 15) is 5.11 Å². The maximum atomic E-state index is 10.4. The summed E-state index contributed by atoms with van der Waals surface area (Å²) in [6, 6.07) is 0.544. The van der Waals surface area contributed by atoms with Gasteiger partial charge in [0, 0.05) is 12.6 Å². The van der Waals surface area contributed by atoms with Crippen LogP contribution in [0, 0.1) is 5.92 Å². The number of hydrogen-bond acceptors (Lipinski definition) is 2. The Morgan fingerprint density at radius 3 is 2.45 bits per heavy atom. The molecule has 2 fully saturated rings. The largest absolute Gasteiger partial charge is 0.388 e. The van der Waals surface area contributed by atoms with Gasteiger partial charge in [0.1, 0.15) is 0 Å². The molecule has 0 spiro atoms. The highest BCUT2D eigenvalue weighted by atomic mass is 16.3. The molecule has 0 saturated heterocycles. The first kappa shape index (κ1) is 15.6. The lowest BCUT2D eigenvalue weighted by molar-refractivity contribution is 0.0574. The van der Waals surface area contributed by atoms with Gasteiger partial charge in [0.25, 0.3) is 0 Å². The summed E-state index contributed by atoms with van der Waals surface area (Å²) in [6.45, 7) is 5.83. The van der Waals surface area contributed by atoms with Crippen LogP contribution in [-0.2, 0) is 0 Å². The monoisotopic (exact) mass is 281 g/mol. The van der Waals surface area contributed by atoms with E-state index in [2.05, 4.69) is 29.5 Å². The van der Waals surface area contributed by atoms with E-state index in [0.717, 1.165) is 44.1 Å². The second-order valence-electron chi connectivity index (χ2n) is 6.73. The van der Waals surface area contributed by atoms with E-state index in [4.69, 9.17) is 0 Å². The van der Waals surface area contributed by atoms with Gasteiger partial charge < -0.3 is 15.7 Å². The predicted molar refractivity (Wildman–Crippen MR) is 84.0 cm³/mol. The predicted octanol–water partition coefficient (Wildman–Crippen LogP) is 2.43. The molecule has 2 rings (SSSR count). The fourth-order valence-electron chi connectivity index (χ4n) is 3.34. The minimum absolute atomic E-state index is 0.533. The van der Waals surface area contributed by atoms with Crippen molar-refractivity contribution in [2.24, 2.45) is 10.9 Å². The Morgan fingerprint density at radius 2 is 1.85 bits per heavy atom. The van der Waals surface area contributed by atoms with E-state index in [0.29, 0.717) is 12.6 Å². The van der Waals surface area contributed by atoms with Crippen LogP contribution in [-0.4, -0.2) is 35.8 Å². The molecular weight excluding hydrogens is 250 g/mol. The Morgan fingerprint density at radius 1 is 1.20 bits per heavy atom. The summed E-state index contributed by atoms with van der Waals surface area (Å²) in [5.74, 6) is 1.75. The first-order valence-electron chi connectivity index (χ1n) is 8.38. The van der Waals surface area contributed by atoms with Crippen LogP contribution in [0.2, 0.25) is 0 Å². The second-order valence-corrected chi connectivity index (χ2v) is 6.73. The van der Waals surface area contributed by atoms with Crippen LogP contribution < -0.4 is 10.6 Å². The van der Waals surface area contributed by atoms with E-state index < -0.39 is 5.60 Å². The fraction of sp³-hybridized carbons (Fsp3) is 0.938. The standard InChI is InChI=1S/C16H31N3O/c1-3-17-15(18-12-16(20)10-4-5-11-16)19-14-8-6-13(2)7-9-14/h13-14,20H,3-12H2,1-2H3,(H2,17,18,19). The van der Waals surface area contributed by atoms with Crippen molar-refractivity contribution in [3.05, 3.63) is 0 Å². The molecule has 0 bridgehead atoms. The Kier molecular flexibility index (Phi) is 5.70. The van der Waals surface area contributed by atoms with Crippen molar-refractivity contribution in [3.8, 4) is 0 Å². The number of aliphatic imine (C=N–C) groups is 1. The van der Waals surface area contributed by atoms with Gasteiger partial charge in [0.05, 0.1) is 12.1 Å².